The molecule has 0 amide bonds. The summed E-state index contributed by atoms with van der Waals surface area (Å²) < 4.78 is 7.43. The lowest BCUT2D eigenvalue weighted by atomic mass is 10.0. The zero-order valence-electron chi connectivity index (χ0n) is 27.1. The van der Waals surface area contributed by atoms with E-state index in [0.717, 1.165) is 38.5 Å². The smallest absolute Gasteiger partial charge is 0.165 e. The monoisotopic (exact) mass is 686 g/mol. The summed E-state index contributed by atoms with van der Waals surface area (Å²) in [5.41, 5.74) is 6.39. The summed E-state index contributed by atoms with van der Waals surface area (Å²) in [7, 11) is 0. The number of rotatable bonds is 4. The van der Waals surface area contributed by atoms with Crippen molar-refractivity contribution in [2.24, 2.45) is 0 Å². The molecular formula is C45H26N4S2. The second-order valence-electron chi connectivity index (χ2n) is 12.8. The highest BCUT2D eigenvalue weighted by Gasteiger charge is 2.22. The molecule has 11 aromatic rings. The molecule has 7 aromatic carbocycles. The van der Waals surface area contributed by atoms with Crippen LogP contribution in [0.1, 0.15) is 0 Å². The van der Waals surface area contributed by atoms with Crippen LogP contribution in [0.15, 0.2) is 158 Å². The predicted octanol–water partition coefficient (Wildman–Crippen LogP) is 12.7. The highest BCUT2D eigenvalue weighted by molar-refractivity contribution is 7.26. The van der Waals surface area contributed by atoms with Gasteiger partial charge in [-0.25, -0.2) is 15.0 Å². The predicted molar refractivity (Wildman–Crippen MR) is 216 cm³/mol. The van der Waals surface area contributed by atoms with Crippen molar-refractivity contribution in [3.8, 4) is 39.9 Å². The van der Waals surface area contributed by atoms with Crippen LogP contribution < -0.4 is 0 Å². The molecule has 0 aliphatic heterocycles. The SMILES string of the molecule is c1ccc(-c2nc(-c3cccc4c3sc3ccccc34)nc(-c3cccc4c3c3ccccc3n4-c3cccc4sc5ccccc5c34)n2)cc1. The van der Waals surface area contributed by atoms with Crippen molar-refractivity contribution in [1.82, 2.24) is 19.5 Å². The van der Waals surface area contributed by atoms with Crippen LogP contribution in [0.2, 0.25) is 0 Å². The van der Waals surface area contributed by atoms with Crippen molar-refractivity contribution < 1.29 is 0 Å². The molecule has 0 radical (unpaired) electrons. The van der Waals surface area contributed by atoms with Crippen LogP contribution in [-0.4, -0.2) is 19.5 Å². The first kappa shape index (κ1) is 28.6. The quantitative estimate of drug-likeness (QED) is 0.185. The van der Waals surface area contributed by atoms with Gasteiger partial charge in [0.2, 0.25) is 0 Å². The van der Waals surface area contributed by atoms with Gasteiger partial charge >= 0.3 is 0 Å². The average Bonchev–Trinajstić information content (AvgIpc) is 3.88. The van der Waals surface area contributed by atoms with Crippen LogP contribution in [0, 0.1) is 0 Å². The van der Waals surface area contributed by atoms with Gasteiger partial charge in [0.25, 0.3) is 0 Å². The summed E-state index contributed by atoms with van der Waals surface area (Å²) in [5, 5.41) is 7.31. The molecule has 4 aromatic heterocycles. The Balaban J connectivity index is 1.21. The molecule has 0 fully saturated rings. The molecule has 0 N–H and O–H groups in total. The van der Waals surface area contributed by atoms with Gasteiger partial charge in [0.05, 0.1) is 16.7 Å². The first-order valence-corrected chi connectivity index (χ1v) is 18.6. The number of fused-ring (bicyclic) bond motifs is 9. The molecule has 0 bridgehead atoms. The van der Waals surface area contributed by atoms with Gasteiger partial charge in [-0.1, -0.05) is 115 Å². The molecule has 0 saturated heterocycles. The van der Waals surface area contributed by atoms with E-state index in [1.54, 1.807) is 11.3 Å². The molecule has 238 valence electrons. The van der Waals surface area contributed by atoms with Crippen LogP contribution in [0.25, 0.3) is 102 Å². The van der Waals surface area contributed by atoms with E-state index < -0.39 is 0 Å². The molecule has 0 spiro atoms. The summed E-state index contributed by atoms with van der Waals surface area (Å²) in [4.78, 5) is 15.7. The first-order valence-electron chi connectivity index (χ1n) is 17.0. The molecular weight excluding hydrogens is 661 g/mol. The van der Waals surface area contributed by atoms with Crippen molar-refractivity contribution in [3.05, 3.63) is 158 Å². The zero-order chi connectivity index (χ0) is 33.5. The Hall–Kier alpha value is -6.21. The van der Waals surface area contributed by atoms with Crippen LogP contribution >= 0.6 is 22.7 Å². The third-order valence-corrected chi connectivity index (χ3v) is 12.2. The van der Waals surface area contributed by atoms with Gasteiger partial charge in [-0.3, -0.25) is 0 Å². The molecule has 0 aliphatic rings. The third-order valence-electron chi connectivity index (χ3n) is 9.87. The highest BCUT2D eigenvalue weighted by atomic mass is 32.1. The number of hydrogen-bond donors (Lipinski definition) is 0. The van der Waals surface area contributed by atoms with E-state index in [1.165, 1.54) is 46.0 Å². The van der Waals surface area contributed by atoms with Gasteiger partial charge in [-0.2, -0.15) is 0 Å². The molecule has 6 heteroatoms. The van der Waals surface area contributed by atoms with E-state index in [4.69, 9.17) is 15.0 Å². The molecule has 0 unspecified atom stereocenters. The number of thiophene rings is 2. The molecule has 4 heterocycles. The maximum absolute atomic E-state index is 5.32. The second-order valence-corrected chi connectivity index (χ2v) is 14.9. The molecule has 11 rings (SSSR count). The Kier molecular flexibility index (Phi) is 6.26. The Morgan fingerprint density at radius 2 is 0.961 bits per heavy atom. The first-order chi connectivity index (χ1) is 25.3. The maximum Gasteiger partial charge on any atom is 0.165 e. The van der Waals surface area contributed by atoms with Crippen LogP contribution in [0.4, 0.5) is 0 Å². The normalized spacial score (nSPS) is 11.9. The Morgan fingerprint density at radius 3 is 1.82 bits per heavy atom. The largest absolute Gasteiger partial charge is 0.309 e. The Bertz CT molecular complexity index is 3150. The van der Waals surface area contributed by atoms with Gasteiger partial charge in [0.15, 0.2) is 17.5 Å². The van der Waals surface area contributed by atoms with Crippen molar-refractivity contribution >= 4 is 84.8 Å². The average molecular weight is 687 g/mol. The fourth-order valence-corrected chi connectivity index (χ4v) is 10.0. The lowest BCUT2D eigenvalue weighted by molar-refractivity contribution is 1.08. The molecule has 0 saturated carbocycles. The van der Waals surface area contributed by atoms with Gasteiger partial charge in [-0.05, 0) is 42.5 Å². The van der Waals surface area contributed by atoms with E-state index in [9.17, 15) is 0 Å². The van der Waals surface area contributed by atoms with Crippen molar-refractivity contribution in [1.29, 1.82) is 0 Å². The van der Waals surface area contributed by atoms with Crippen molar-refractivity contribution in [3.63, 3.8) is 0 Å². The number of hydrogen-bond acceptors (Lipinski definition) is 5. The fraction of sp³-hybridized carbons (Fsp3) is 0. The maximum atomic E-state index is 5.32. The Morgan fingerprint density at radius 1 is 0.373 bits per heavy atom. The van der Waals surface area contributed by atoms with Crippen LogP contribution in [-0.2, 0) is 0 Å². The summed E-state index contributed by atoms with van der Waals surface area (Å²) in [5.74, 6) is 1.99. The lowest BCUT2D eigenvalue weighted by Gasteiger charge is -2.12. The number of nitrogens with zero attached hydrogens (tertiary/aromatic N) is 4. The van der Waals surface area contributed by atoms with Crippen LogP contribution in [0.5, 0.6) is 0 Å². The van der Waals surface area contributed by atoms with Crippen molar-refractivity contribution in [2.45, 2.75) is 0 Å². The molecule has 4 nitrogen and oxygen atoms in total. The summed E-state index contributed by atoms with van der Waals surface area (Å²) in [6.07, 6.45) is 0. The number of aromatic nitrogens is 4. The van der Waals surface area contributed by atoms with E-state index in [2.05, 4.69) is 144 Å². The van der Waals surface area contributed by atoms with E-state index in [0.29, 0.717) is 17.5 Å². The van der Waals surface area contributed by atoms with Gasteiger partial charge in [0.1, 0.15) is 0 Å². The molecule has 0 atom stereocenters. The molecule has 51 heavy (non-hydrogen) atoms. The van der Waals surface area contributed by atoms with Crippen molar-refractivity contribution in [2.75, 3.05) is 0 Å². The standard InChI is InChI=1S/C45H26N4S2/c1-2-13-27(14-3-1)43-46-44(48-45(47-43)33-20-10-18-29-28-15-5-8-24-37(28)51-42(29)33)32-19-11-22-35-40(32)30-16-4-7-21-34(30)49(35)36-23-12-26-39-41(36)31-17-6-9-25-38(31)50-39/h1-26H. The topological polar surface area (TPSA) is 43.6 Å². The number of benzene rings is 7. The third kappa shape index (κ3) is 4.34. The second kappa shape index (κ2) is 11.2. The lowest BCUT2D eigenvalue weighted by Crippen LogP contribution is -2.00. The number of para-hydroxylation sites is 1. The summed E-state index contributed by atoms with van der Waals surface area (Å²) in [6.45, 7) is 0. The minimum Gasteiger partial charge on any atom is -0.309 e. The highest BCUT2D eigenvalue weighted by Crippen LogP contribution is 2.44. The minimum atomic E-state index is 0.656. The molecule has 0 aliphatic carbocycles. The van der Waals surface area contributed by atoms with E-state index >= 15 is 0 Å². The van der Waals surface area contributed by atoms with Gasteiger partial charge in [-0.15, -0.1) is 22.7 Å². The zero-order valence-corrected chi connectivity index (χ0v) is 28.7. The van der Waals surface area contributed by atoms with Gasteiger partial charge < -0.3 is 4.57 Å². The summed E-state index contributed by atoms with van der Waals surface area (Å²) in [6, 6.07) is 55.9. The van der Waals surface area contributed by atoms with Gasteiger partial charge in [0, 0.05) is 67.8 Å². The Labute approximate surface area is 300 Å². The van der Waals surface area contributed by atoms with E-state index in [-0.39, 0.29) is 0 Å². The summed E-state index contributed by atoms with van der Waals surface area (Å²) >= 11 is 3.64. The minimum absolute atomic E-state index is 0.656. The fourth-order valence-electron chi connectivity index (χ4n) is 7.66. The van der Waals surface area contributed by atoms with E-state index in [1.807, 2.05) is 29.5 Å². The van der Waals surface area contributed by atoms with Crippen LogP contribution in [0.3, 0.4) is 0 Å².